The van der Waals surface area contributed by atoms with Crippen LogP contribution >= 0.6 is 0 Å². The molecule has 0 aliphatic heterocycles. The van der Waals surface area contributed by atoms with Gasteiger partial charge in [0, 0.05) is 6.42 Å². The maximum atomic E-state index is 11.4. The molecular formula is C13H25NaO3. The van der Waals surface area contributed by atoms with Gasteiger partial charge in [0.1, 0.15) is 0 Å². The number of ether oxygens (including phenoxy) is 1. The van der Waals surface area contributed by atoms with Crippen LogP contribution in [-0.4, -0.2) is 41.5 Å². The number of carbonyl (C=O) groups is 2. The summed E-state index contributed by atoms with van der Waals surface area (Å²) in [5.41, 5.74) is 0. The van der Waals surface area contributed by atoms with Crippen molar-refractivity contribution in [3.8, 4) is 0 Å². The molecule has 0 fully saturated rings. The van der Waals surface area contributed by atoms with Gasteiger partial charge in [0.15, 0.2) is 0 Å². The van der Waals surface area contributed by atoms with Gasteiger partial charge in [-0.15, -0.1) is 0 Å². The summed E-state index contributed by atoms with van der Waals surface area (Å²) in [6.07, 6.45) is 6.20. The molecule has 3 nitrogen and oxygen atoms in total. The summed E-state index contributed by atoms with van der Waals surface area (Å²) in [6.45, 7) is 5.93. The van der Waals surface area contributed by atoms with E-state index in [2.05, 4.69) is 6.92 Å². The topological polar surface area (TPSA) is 43.4 Å². The van der Waals surface area contributed by atoms with Gasteiger partial charge in [-0.2, -0.15) is 0 Å². The molecule has 0 saturated heterocycles. The third-order valence-electron chi connectivity index (χ3n) is 2.57. The number of hydrogen-bond acceptors (Lipinski definition) is 3. The first kappa shape index (κ1) is 19.5. The van der Waals surface area contributed by atoms with Crippen LogP contribution in [0.15, 0.2) is 0 Å². The molecule has 0 aliphatic rings. The van der Waals surface area contributed by atoms with Gasteiger partial charge in [-0.25, -0.2) is 0 Å². The fraction of sp³-hybridized carbons (Fsp3) is 0.846. The van der Waals surface area contributed by atoms with Crippen LogP contribution in [-0.2, 0) is 14.3 Å². The van der Waals surface area contributed by atoms with Gasteiger partial charge in [-0.3, -0.25) is 9.59 Å². The minimum absolute atomic E-state index is 0. The normalized spacial score (nSPS) is 11.5. The zero-order chi connectivity index (χ0) is 12.4. The molecule has 4 heteroatoms. The summed E-state index contributed by atoms with van der Waals surface area (Å²) < 4.78 is 4.77. The Hall–Kier alpha value is 0.140. The Balaban J connectivity index is 0. The number of rotatable bonds is 8. The first-order valence-electron chi connectivity index (χ1n) is 6.36. The van der Waals surface area contributed by atoms with E-state index in [0.29, 0.717) is 6.42 Å². The van der Waals surface area contributed by atoms with E-state index in [0.717, 1.165) is 38.5 Å². The Kier molecular flexibility index (Phi) is 14.4. The minimum atomic E-state index is -0.373. The van der Waals surface area contributed by atoms with Gasteiger partial charge >= 0.3 is 41.5 Å². The van der Waals surface area contributed by atoms with Gasteiger partial charge in [-0.05, 0) is 12.8 Å². The number of esters is 2. The second-order valence-corrected chi connectivity index (χ2v) is 4.29. The van der Waals surface area contributed by atoms with Crippen molar-refractivity contribution < 1.29 is 14.3 Å². The Morgan fingerprint density at radius 3 is 2.24 bits per heavy atom. The molecule has 0 bridgehead atoms. The molecule has 0 amide bonds. The third kappa shape index (κ3) is 11.0. The SMILES string of the molecule is CCCCCCC(=O)OC(=O)C(C)CCC.[NaH]. The van der Waals surface area contributed by atoms with Crippen LogP contribution in [0.5, 0.6) is 0 Å². The Morgan fingerprint density at radius 1 is 1.06 bits per heavy atom. The van der Waals surface area contributed by atoms with E-state index >= 15 is 0 Å². The fourth-order valence-electron chi connectivity index (χ4n) is 1.51. The molecule has 1 atom stereocenters. The van der Waals surface area contributed by atoms with Crippen LogP contribution in [0.25, 0.3) is 0 Å². The van der Waals surface area contributed by atoms with Crippen LogP contribution in [0.3, 0.4) is 0 Å². The van der Waals surface area contributed by atoms with Crippen molar-refractivity contribution in [2.75, 3.05) is 0 Å². The summed E-state index contributed by atoms with van der Waals surface area (Å²) in [5, 5.41) is 0. The zero-order valence-electron chi connectivity index (χ0n) is 10.8. The molecule has 0 rings (SSSR count). The van der Waals surface area contributed by atoms with Crippen molar-refractivity contribution in [1.82, 2.24) is 0 Å². The molecule has 0 spiro atoms. The number of unbranched alkanes of at least 4 members (excludes halogenated alkanes) is 3. The number of hydrogen-bond donors (Lipinski definition) is 0. The van der Waals surface area contributed by atoms with E-state index in [1.807, 2.05) is 6.92 Å². The molecule has 96 valence electrons. The molecule has 1 unspecified atom stereocenters. The van der Waals surface area contributed by atoms with Crippen molar-refractivity contribution in [2.24, 2.45) is 5.92 Å². The summed E-state index contributed by atoms with van der Waals surface area (Å²) in [5.74, 6) is -0.906. The maximum absolute atomic E-state index is 11.4. The second-order valence-electron chi connectivity index (χ2n) is 4.29. The third-order valence-corrected chi connectivity index (χ3v) is 2.57. The first-order valence-corrected chi connectivity index (χ1v) is 6.36. The van der Waals surface area contributed by atoms with Crippen molar-refractivity contribution in [3.63, 3.8) is 0 Å². The monoisotopic (exact) mass is 252 g/mol. The van der Waals surface area contributed by atoms with Crippen LogP contribution in [0.1, 0.15) is 65.7 Å². The summed E-state index contributed by atoms with van der Waals surface area (Å²) in [6, 6.07) is 0. The van der Waals surface area contributed by atoms with Gasteiger partial charge in [0.2, 0.25) is 0 Å². The predicted molar refractivity (Wildman–Crippen MR) is 71.1 cm³/mol. The number of carbonyl (C=O) groups excluding carboxylic acids is 2. The molecular weight excluding hydrogens is 227 g/mol. The quantitative estimate of drug-likeness (QED) is 0.289. The Bertz CT molecular complexity index is 217. The summed E-state index contributed by atoms with van der Waals surface area (Å²) >= 11 is 0. The van der Waals surface area contributed by atoms with Gasteiger partial charge in [0.05, 0.1) is 5.92 Å². The van der Waals surface area contributed by atoms with Crippen LogP contribution < -0.4 is 0 Å². The molecule has 0 aromatic rings. The average Bonchev–Trinajstić information content (AvgIpc) is 2.24. The van der Waals surface area contributed by atoms with Crippen molar-refractivity contribution >= 4 is 41.5 Å². The predicted octanol–water partition coefficient (Wildman–Crippen LogP) is 2.81. The van der Waals surface area contributed by atoms with Crippen LogP contribution in [0.4, 0.5) is 0 Å². The van der Waals surface area contributed by atoms with Crippen molar-refractivity contribution in [1.29, 1.82) is 0 Å². The van der Waals surface area contributed by atoms with E-state index in [1.165, 1.54) is 0 Å². The zero-order valence-corrected chi connectivity index (χ0v) is 10.8. The molecule has 0 radical (unpaired) electrons. The molecule has 0 aromatic carbocycles. The molecule has 0 saturated carbocycles. The summed E-state index contributed by atoms with van der Waals surface area (Å²) in [7, 11) is 0. The summed E-state index contributed by atoms with van der Waals surface area (Å²) in [4.78, 5) is 22.7. The average molecular weight is 252 g/mol. The van der Waals surface area contributed by atoms with Crippen molar-refractivity contribution in [3.05, 3.63) is 0 Å². The first-order chi connectivity index (χ1) is 7.61. The van der Waals surface area contributed by atoms with Gasteiger partial charge < -0.3 is 4.74 Å². The van der Waals surface area contributed by atoms with Crippen LogP contribution in [0, 0.1) is 5.92 Å². The Labute approximate surface area is 127 Å². The molecule has 17 heavy (non-hydrogen) atoms. The Morgan fingerprint density at radius 2 is 1.71 bits per heavy atom. The standard InChI is InChI=1S/C13H24O3.Na.H/c1-4-6-7-8-10-12(14)16-13(15)11(3)9-5-2;;/h11H,4-10H2,1-3H3;;. The van der Waals surface area contributed by atoms with Gasteiger partial charge in [0.25, 0.3) is 0 Å². The van der Waals surface area contributed by atoms with E-state index in [-0.39, 0.29) is 47.4 Å². The van der Waals surface area contributed by atoms with Crippen LogP contribution in [0.2, 0.25) is 0 Å². The molecule has 0 N–H and O–H groups in total. The van der Waals surface area contributed by atoms with E-state index in [9.17, 15) is 9.59 Å². The van der Waals surface area contributed by atoms with E-state index in [4.69, 9.17) is 4.74 Å². The molecule has 0 aromatic heterocycles. The second kappa shape index (κ2) is 12.6. The molecule has 0 aliphatic carbocycles. The van der Waals surface area contributed by atoms with E-state index < -0.39 is 0 Å². The molecule has 0 heterocycles. The fourth-order valence-corrected chi connectivity index (χ4v) is 1.51. The van der Waals surface area contributed by atoms with Crippen molar-refractivity contribution in [2.45, 2.75) is 65.7 Å². The van der Waals surface area contributed by atoms with Gasteiger partial charge in [-0.1, -0.05) is 46.5 Å². The van der Waals surface area contributed by atoms with E-state index in [1.54, 1.807) is 6.92 Å².